The highest BCUT2D eigenvalue weighted by molar-refractivity contribution is 5.98. The van der Waals surface area contributed by atoms with Crippen molar-refractivity contribution < 1.29 is 14.8 Å². The summed E-state index contributed by atoms with van der Waals surface area (Å²) in [6.45, 7) is 1.91. The largest absolute Gasteiger partial charge is 0.454 e. The fourth-order valence-electron chi connectivity index (χ4n) is 2.53. The molecule has 0 saturated carbocycles. The highest BCUT2D eigenvalue weighted by Gasteiger charge is 2.12. The van der Waals surface area contributed by atoms with E-state index in [0.717, 1.165) is 11.1 Å². The fraction of sp³-hybridized carbons (Fsp3) is 0.0556. The number of hydrogen-bond acceptors (Lipinski definition) is 6. The van der Waals surface area contributed by atoms with Gasteiger partial charge < -0.3 is 26.3 Å². The molecule has 2 aromatic heterocycles. The minimum Gasteiger partial charge on any atom is -0.454 e. The summed E-state index contributed by atoms with van der Waals surface area (Å²) in [5.74, 6) is 1.30. The average molecular weight is 351 g/mol. The lowest BCUT2D eigenvalue weighted by atomic mass is 10.0. The van der Waals surface area contributed by atoms with Gasteiger partial charge in [0.15, 0.2) is 17.4 Å². The molecule has 0 unspecified atom stereocenters. The van der Waals surface area contributed by atoms with Crippen LogP contribution in [0.5, 0.6) is 0 Å². The van der Waals surface area contributed by atoms with Crippen LogP contribution in [0.15, 0.2) is 63.4 Å². The standard InChI is InChI=1S/C18H17N5O3/c1-10-8-11(17(19)22-24)2-4-13(10)15-6-7-16(26-15)14-5-3-12(9-21-14)18(20)23-25/h2-9,24-25H,1H3,(H2,19,22)(H2,20,23). The molecule has 0 atom stereocenters. The van der Waals surface area contributed by atoms with Crippen molar-refractivity contribution in [2.45, 2.75) is 6.92 Å². The van der Waals surface area contributed by atoms with Crippen molar-refractivity contribution in [3.63, 3.8) is 0 Å². The first kappa shape index (κ1) is 17.0. The zero-order valence-corrected chi connectivity index (χ0v) is 13.9. The zero-order valence-electron chi connectivity index (χ0n) is 13.9. The first-order chi connectivity index (χ1) is 12.5. The van der Waals surface area contributed by atoms with E-state index >= 15 is 0 Å². The summed E-state index contributed by atoms with van der Waals surface area (Å²) >= 11 is 0. The molecular weight excluding hydrogens is 334 g/mol. The van der Waals surface area contributed by atoms with Gasteiger partial charge in [-0.05, 0) is 42.8 Å². The van der Waals surface area contributed by atoms with Gasteiger partial charge in [-0.1, -0.05) is 22.4 Å². The second-order valence-corrected chi connectivity index (χ2v) is 5.60. The van der Waals surface area contributed by atoms with Crippen LogP contribution in [-0.4, -0.2) is 27.1 Å². The highest BCUT2D eigenvalue weighted by atomic mass is 16.4. The average Bonchev–Trinajstić information content (AvgIpc) is 3.16. The van der Waals surface area contributed by atoms with Gasteiger partial charge in [0.2, 0.25) is 0 Å². The number of aryl methyl sites for hydroxylation is 1. The summed E-state index contributed by atoms with van der Waals surface area (Å²) in [7, 11) is 0. The summed E-state index contributed by atoms with van der Waals surface area (Å²) in [4.78, 5) is 4.27. The molecule has 0 aliphatic carbocycles. The summed E-state index contributed by atoms with van der Waals surface area (Å²) in [5, 5.41) is 23.4. The van der Waals surface area contributed by atoms with Crippen LogP contribution < -0.4 is 11.5 Å². The molecule has 6 N–H and O–H groups in total. The number of rotatable bonds is 4. The maximum Gasteiger partial charge on any atom is 0.171 e. The Kier molecular flexibility index (Phi) is 4.57. The van der Waals surface area contributed by atoms with Crippen molar-refractivity contribution in [3.05, 3.63) is 65.4 Å². The van der Waals surface area contributed by atoms with Crippen molar-refractivity contribution in [1.29, 1.82) is 0 Å². The minimum atomic E-state index is -0.00871. The normalized spacial score (nSPS) is 12.3. The second-order valence-electron chi connectivity index (χ2n) is 5.60. The highest BCUT2D eigenvalue weighted by Crippen LogP contribution is 2.30. The summed E-state index contributed by atoms with van der Waals surface area (Å²) in [5.41, 5.74) is 14.7. The van der Waals surface area contributed by atoms with Crippen LogP contribution in [0.25, 0.3) is 22.8 Å². The number of aromatic nitrogens is 1. The lowest BCUT2D eigenvalue weighted by Gasteiger charge is -2.06. The van der Waals surface area contributed by atoms with E-state index in [4.69, 9.17) is 26.3 Å². The second kappa shape index (κ2) is 6.98. The smallest absolute Gasteiger partial charge is 0.171 e. The summed E-state index contributed by atoms with van der Waals surface area (Å²) in [6.07, 6.45) is 1.50. The van der Waals surface area contributed by atoms with Gasteiger partial charge in [0.25, 0.3) is 0 Å². The molecule has 0 aliphatic rings. The molecule has 1 aromatic carbocycles. The molecule has 0 saturated heterocycles. The SMILES string of the molecule is Cc1cc(C(N)=NO)ccc1-c1ccc(-c2ccc(C(N)=NO)cn2)o1. The van der Waals surface area contributed by atoms with Crippen LogP contribution in [0.1, 0.15) is 16.7 Å². The van der Waals surface area contributed by atoms with Gasteiger partial charge >= 0.3 is 0 Å². The Morgan fingerprint density at radius 3 is 2.19 bits per heavy atom. The maximum absolute atomic E-state index is 8.77. The van der Waals surface area contributed by atoms with Crippen molar-refractivity contribution in [2.75, 3.05) is 0 Å². The van der Waals surface area contributed by atoms with Gasteiger partial charge in [-0.3, -0.25) is 4.98 Å². The Balaban J connectivity index is 1.91. The molecule has 0 spiro atoms. The Morgan fingerprint density at radius 2 is 1.58 bits per heavy atom. The van der Waals surface area contributed by atoms with Crippen molar-refractivity contribution in [3.8, 4) is 22.8 Å². The van der Waals surface area contributed by atoms with E-state index < -0.39 is 0 Å². The van der Waals surface area contributed by atoms with Crippen molar-refractivity contribution in [1.82, 2.24) is 4.98 Å². The Labute approximate surface area is 149 Å². The van der Waals surface area contributed by atoms with Crippen LogP contribution in [0, 0.1) is 6.92 Å². The first-order valence-corrected chi connectivity index (χ1v) is 7.66. The van der Waals surface area contributed by atoms with Crippen molar-refractivity contribution >= 4 is 11.7 Å². The van der Waals surface area contributed by atoms with E-state index in [9.17, 15) is 0 Å². The van der Waals surface area contributed by atoms with Crippen LogP contribution in [0.2, 0.25) is 0 Å². The quantitative estimate of drug-likeness (QED) is 0.246. The fourth-order valence-corrected chi connectivity index (χ4v) is 2.53. The number of pyridine rings is 1. The number of nitrogens with two attached hydrogens (primary N) is 2. The van der Waals surface area contributed by atoms with E-state index in [1.807, 2.05) is 31.2 Å². The van der Waals surface area contributed by atoms with Gasteiger partial charge in [-0.2, -0.15) is 0 Å². The lowest BCUT2D eigenvalue weighted by Crippen LogP contribution is -2.13. The Hall–Kier alpha value is -3.81. The Bertz CT molecular complexity index is 990. The molecule has 26 heavy (non-hydrogen) atoms. The van der Waals surface area contributed by atoms with Crippen LogP contribution >= 0.6 is 0 Å². The molecule has 3 rings (SSSR count). The molecule has 0 radical (unpaired) electrons. The van der Waals surface area contributed by atoms with E-state index in [2.05, 4.69) is 15.3 Å². The van der Waals surface area contributed by atoms with Crippen LogP contribution in [0.4, 0.5) is 0 Å². The maximum atomic E-state index is 8.77. The molecule has 0 amide bonds. The molecular formula is C18H17N5O3. The molecule has 132 valence electrons. The van der Waals surface area contributed by atoms with Gasteiger partial charge in [0.05, 0.1) is 0 Å². The third-order valence-corrected chi connectivity index (χ3v) is 3.92. The lowest BCUT2D eigenvalue weighted by molar-refractivity contribution is 0.318. The molecule has 0 aliphatic heterocycles. The number of benzene rings is 1. The number of oxime groups is 2. The predicted octanol–water partition coefficient (Wildman–Crippen LogP) is 2.51. The molecule has 2 heterocycles. The van der Waals surface area contributed by atoms with E-state index in [0.29, 0.717) is 28.3 Å². The monoisotopic (exact) mass is 351 g/mol. The van der Waals surface area contributed by atoms with Crippen LogP contribution in [-0.2, 0) is 0 Å². The summed E-state index contributed by atoms with van der Waals surface area (Å²) in [6, 6.07) is 12.5. The van der Waals surface area contributed by atoms with Gasteiger partial charge in [0.1, 0.15) is 11.5 Å². The topological polar surface area (TPSA) is 143 Å². The third kappa shape index (κ3) is 3.20. The third-order valence-electron chi connectivity index (χ3n) is 3.92. The van der Waals surface area contributed by atoms with E-state index in [1.54, 1.807) is 18.2 Å². The van der Waals surface area contributed by atoms with E-state index in [-0.39, 0.29) is 11.7 Å². The number of amidine groups is 2. The Morgan fingerprint density at radius 1 is 0.923 bits per heavy atom. The first-order valence-electron chi connectivity index (χ1n) is 7.66. The number of furan rings is 1. The van der Waals surface area contributed by atoms with Crippen LogP contribution in [0.3, 0.4) is 0 Å². The van der Waals surface area contributed by atoms with E-state index in [1.165, 1.54) is 6.20 Å². The van der Waals surface area contributed by atoms with Crippen molar-refractivity contribution in [2.24, 2.45) is 21.8 Å². The van der Waals surface area contributed by atoms with Gasteiger partial charge in [-0.25, -0.2) is 0 Å². The molecule has 0 fully saturated rings. The molecule has 8 heteroatoms. The molecule has 3 aromatic rings. The minimum absolute atomic E-state index is 0.00871. The molecule has 8 nitrogen and oxygen atoms in total. The predicted molar refractivity (Wildman–Crippen MR) is 97.1 cm³/mol. The number of nitrogens with zero attached hydrogens (tertiary/aromatic N) is 3. The van der Waals surface area contributed by atoms with Gasteiger partial charge in [0, 0.05) is 22.9 Å². The summed E-state index contributed by atoms with van der Waals surface area (Å²) < 4.78 is 5.91. The van der Waals surface area contributed by atoms with Gasteiger partial charge in [-0.15, -0.1) is 0 Å². The number of hydrogen-bond donors (Lipinski definition) is 4. The zero-order chi connectivity index (χ0) is 18.7. The molecule has 0 bridgehead atoms.